The molecule has 0 saturated carbocycles. The molecule has 7 nitrogen and oxygen atoms in total. The maximum Gasteiger partial charge on any atom is 0.318 e. The Balaban J connectivity index is 2.19. The van der Waals surface area contributed by atoms with E-state index in [0.29, 0.717) is 25.9 Å². The van der Waals surface area contributed by atoms with Gasteiger partial charge in [-0.25, -0.2) is 9.18 Å². The number of urea groups is 1. The van der Waals surface area contributed by atoms with Crippen LogP contribution in [0.5, 0.6) is 0 Å². The van der Waals surface area contributed by atoms with Gasteiger partial charge in [-0.15, -0.1) is 0 Å². The number of nitrogens with two attached hydrogens (primary N) is 1. The molecule has 0 heterocycles. The van der Waals surface area contributed by atoms with Gasteiger partial charge in [-0.05, 0) is 56.7 Å². The van der Waals surface area contributed by atoms with Crippen LogP contribution in [0, 0.1) is 5.82 Å². The minimum Gasteiger partial charge on any atom is -0.395 e. The van der Waals surface area contributed by atoms with Gasteiger partial charge in [0.2, 0.25) is 5.91 Å². The fourth-order valence-corrected chi connectivity index (χ4v) is 3.57. The highest BCUT2D eigenvalue weighted by molar-refractivity contribution is 5.87. The largest absolute Gasteiger partial charge is 0.395 e. The zero-order chi connectivity index (χ0) is 23.5. The summed E-state index contributed by atoms with van der Waals surface area (Å²) in [5.41, 5.74) is 7.47. The minimum absolute atomic E-state index is 0.128. The Kier molecular flexibility index (Phi) is 10.1. The van der Waals surface area contributed by atoms with Gasteiger partial charge in [0.25, 0.3) is 0 Å². The molecule has 2 aromatic carbocycles. The van der Waals surface area contributed by atoms with Gasteiger partial charge in [0.15, 0.2) is 0 Å². The van der Waals surface area contributed by atoms with Crippen LogP contribution in [0.25, 0.3) is 0 Å². The summed E-state index contributed by atoms with van der Waals surface area (Å²) in [7, 11) is 3.82. The van der Waals surface area contributed by atoms with Crippen LogP contribution in [0.2, 0.25) is 0 Å². The third-order valence-corrected chi connectivity index (χ3v) is 5.34. The maximum atomic E-state index is 13.4. The molecule has 0 radical (unpaired) electrons. The number of primary amides is 1. The molecule has 0 aliphatic carbocycles. The lowest BCUT2D eigenvalue weighted by Crippen LogP contribution is -2.53. The Morgan fingerprint density at radius 2 is 1.69 bits per heavy atom. The standard InChI is InChI=1S/C24H33FN4O3/c1-28(2)14-13-21(19-8-10-20(25)11-9-19)22(23(26)31)27-24(32)29(16-17-30)15-12-18-6-4-3-5-7-18/h3-11,21-22,30H,12-17H2,1-2H3,(H2,26,31)(H,27,32). The smallest absolute Gasteiger partial charge is 0.318 e. The second-order valence-electron chi connectivity index (χ2n) is 8.03. The molecule has 0 fully saturated rings. The summed E-state index contributed by atoms with van der Waals surface area (Å²) in [4.78, 5) is 28.8. The van der Waals surface area contributed by atoms with Crippen LogP contribution in [-0.2, 0) is 11.2 Å². The van der Waals surface area contributed by atoms with E-state index >= 15 is 0 Å². The van der Waals surface area contributed by atoms with Gasteiger partial charge < -0.3 is 26.0 Å². The molecule has 32 heavy (non-hydrogen) atoms. The number of halogens is 1. The van der Waals surface area contributed by atoms with E-state index < -0.39 is 23.9 Å². The SMILES string of the molecule is CN(C)CCC(c1ccc(F)cc1)C(NC(=O)N(CCO)CCc1ccccc1)C(N)=O. The van der Waals surface area contributed by atoms with E-state index in [1.807, 2.05) is 49.3 Å². The van der Waals surface area contributed by atoms with Crippen molar-refractivity contribution in [3.05, 3.63) is 71.5 Å². The average molecular weight is 445 g/mol. The third-order valence-electron chi connectivity index (χ3n) is 5.34. The Morgan fingerprint density at radius 1 is 1.03 bits per heavy atom. The number of nitrogens with zero attached hydrogens (tertiary/aromatic N) is 2. The Morgan fingerprint density at radius 3 is 2.25 bits per heavy atom. The molecular formula is C24H33FN4O3. The van der Waals surface area contributed by atoms with Gasteiger partial charge in [-0.3, -0.25) is 4.79 Å². The molecule has 2 aromatic rings. The molecule has 3 amide bonds. The van der Waals surface area contributed by atoms with Crippen molar-refractivity contribution in [2.75, 3.05) is 40.3 Å². The lowest BCUT2D eigenvalue weighted by atomic mass is 9.87. The first kappa shape index (κ1) is 25.3. The molecule has 174 valence electrons. The van der Waals surface area contributed by atoms with Crippen molar-refractivity contribution in [1.82, 2.24) is 15.1 Å². The molecule has 2 unspecified atom stereocenters. The number of carbonyl (C=O) groups excluding carboxylic acids is 2. The van der Waals surface area contributed by atoms with E-state index in [9.17, 15) is 19.1 Å². The van der Waals surface area contributed by atoms with Crippen molar-refractivity contribution in [3.8, 4) is 0 Å². The quantitative estimate of drug-likeness (QED) is 0.466. The summed E-state index contributed by atoms with van der Waals surface area (Å²) in [5, 5.41) is 12.2. The van der Waals surface area contributed by atoms with Crippen LogP contribution in [0.15, 0.2) is 54.6 Å². The first-order valence-corrected chi connectivity index (χ1v) is 10.7. The molecule has 0 aliphatic rings. The van der Waals surface area contributed by atoms with Gasteiger partial charge in [-0.1, -0.05) is 42.5 Å². The van der Waals surface area contributed by atoms with Crippen LogP contribution in [-0.4, -0.2) is 73.2 Å². The summed E-state index contributed by atoms with van der Waals surface area (Å²) in [5.74, 6) is -1.47. The Labute approximate surface area is 189 Å². The molecule has 8 heteroatoms. The zero-order valence-corrected chi connectivity index (χ0v) is 18.7. The van der Waals surface area contributed by atoms with Crippen molar-refractivity contribution in [2.45, 2.75) is 24.8 Å². The Hall–Kier alpha value is -2.97. The second kappa shape index (κ2) is 12.8. The molecule has 0 saturated heterocycles. The topological polar surface area (TPSA) is 98.9 Å². The highest BCUT2D eigenvalue weighted by Crippen LogP contribution is 2.25. The van der Waals surface area contributed by atoms with E-state index in [-0.39, 0.29) is 19.0 Å². The number of rotatable bonds is 12. The van der Waals surface area contributed by atoms with E-state index in [1.54, 1.807) is 12.1 Å². The van der Waals surface area contributed by atoms with Gasteiger partial charge in [0.05, 0.1) is 6.61 Å². The average Bonchev–Trinajstić information content (AvgIpc) is 2.77. The van der Waals surface area contributed by atoms with Crippen molar-refractivity contribution < 1.29 is 19.1 Å². The number of benzene rings is 2. The molecule has 4 N–H and O–H groups in total. The van der Waals surface area contributed by atoms with Gasteiger partial charge in [-0.2, -0.15) is 0 Å². The lowest BCUT2D eigenvalue weighted by molar-refractivity contribution is -0.120. The lowest BCUT2D eigenvalue weighted by Gasteiger charge is -2.30. The Bertz CT molecular complexity index is 846. The summed E-state index contributed by atoms with van der Waals surface area (Å²) >= 11 is 0. The fourth-order valence-electron chi connectivity index (χ4n) is 3.57. The molecule has 0 bridgehead atoms. The van der Waals surface area contributed by atoms with Crippen LogP contribution >= 0.6 is 0 Å². The second-order valence-corrected chi connectivity index (χ2v) is 8.03. The normalized spacial score (nSPS) is 12.9. The summed E-state index contributed by atoms with van der Waals surface area (Å²) in [6.45, 7) is 0.950. The summed E-state index contributed by atoms with van der Waals surface area (Å²) < 4.78 is 13.4. The predicted molar refractivity (Wildman–Crippen MR) is 123 cm³/mol. The van der Waals surface area contributed by atoms with Crippen LogP contribution < -0.4 is 11.1 Å². The predicted octanol–water partition coefficient (Wildman–Crippen LogP) is 1.96. The number of nitrogens with one attached hydrogen (secondary N) is 1. The molecule has 0 aliphatic heterocycles. The number of hydrogen-bond acceptors (Lipinski definition) is 4. The zero-order valence-electron chi connectivity index (χ0n) is 18.7. The first-order valence-electron chi connectivity index (χ1n) is 10.7. The van der Waals surface area contributed by atoms with E-state index in [4.69, 9.17) is 5.73 Å². The molecular weight excluding hydrogens is 411 g/mol. The first-order chi connectivity index (χ1) is 15.3. The van der Waals surface area contributed by atoms with Crippen LogP contribution in [0.1, 0.15) is 23.5 Å². The third kappa shape index (κ3) is 7.94. The van der Waals surface area contributed by atoms with Crippen LogP contribution in [0.3, 0.4) is 0 Å². The number of hydrogen-bond donors (Lipinski definition) is 3. The van der Waals surface area contributed by atoms with Gasteiger partial charge in [0.1, 0.15) is 11.9 Å². The van der Waals surface area contributed by atoms with Gasteiger partial charge >= 0.3 is 6.03 Å². The summed E-state index contributed by atoms with van der Waals surface area (Å²) in [6.07, 6.45) is 1.15. The van der Waals surface area contributed by atoms with Crippen molar-refractivity contribution in [2.24, 2.45) is 5.73 Å². The maximum absolute atomic E-state index is 13.4. The number of carbonyl (C=O) groups is 2. The highest BCUT2D eigenvalue weighted by Gasteiger charge is 2.31. The van der Waals surface area contributed by atoms with Crippen molar-refractivity contribution in [1.29, 1.82) is 0 Å². The summed E-state index contributed by atoms with van der Waals surface area (Å²) in [6, 6.07) is 14.1. The highest BCUT2D eigenvalue weighted by atomic mass is 19.1. The van der Waals surface area contributed by atoms with E-state index in [0.717, 1.165) is 11.1 Å². The number of aliphatic hydroxyl groups excluding tert-OH is 1. The fraction of sp³-hybridized carbons (Fsp3) is 0.417. The molecule has 2 rings (SSSR count). The molecule has 0 spiro atoms. The minimum atomic E-state index is -0.981. The van der Waals surface area contributed by atoms with Crippen molar-refractivity contribution in [3.63, 3.8) is 0 Å². The molecule has 2 atom stereocenters. The van der Waals surface area contributed by atoms with Crippen molar-refractivity contribution >= 4 is 11.9 Å². The van der Waals surface area contributed by atoms with E-state index in [1.165, 1.54) is 17.0 Å². The number of aliphatic hydroxyl groups is 1. The monoisotopic (exact) mass is 444 g/mol. The number of amides is 3. The van der Waals surface area contributed by atoms with Gasteiger partial charge in [0, 0.05) is 19.0 Å². The molecule has 0 aromatic heterocycles. The van der Waals surface area contributed by atoms with Crippen LogP contribution in [0.4, 0.5) is 9.18 Å². The van der Waals surface area contributed by atoms with E-state index in [2.05, 4.69) is 5.32 Å².